The van der Waals surface area contributed by atoms with Gasteiger partial charge in [0, 0.05) is 17.7 Å². The van der Waals surface area contributed by atoms with Crippen molar-refractivity contribution in [2.45, 2.75) is 51.0 Å². The molecule has 2 atom stereocenters. The van der Waals surface area contributed by atoms with Crippen LogP contribution in [0.2, 0.25) is 5.02 Å². The van der Waals surface area contributed by atoms with E-state index < -0.39 is 15.7 Å². The molecule has 0 spiro atoms. The standard InChI is InChI=1S/C23H29ClFNO3S.ClH/c1-2-11-30(27,28)12-3-10-29-18-7-5-17-6-9-23(26)20(19(17)15-18)13-16-4-8-22(25)21(24)14-16;/h4-5,7-8,14-15,20,23H,2-3,6,9-13,26H2,1H3;1H. The van der Waals surface area contributed by atoms with Crippen molar-refractivity contribution in [2.24, 2.45) is 5.73 Å². The summed E-state index contributed by atoms with van der Waals surface area (Å²) in [4.78, 5) is 0. The number of fused-ring (bicyclic) bond motifs is 1. The number of halogens is 3. The molecule has 4 nitrogen and oxygen atoms in total. The van der Waals surface area contributed by atoms with E-state index in [2.05, 4.69) is 6.07 Å². The van der Waals surface area contributed by atoms with Gasteiger partial charge in [0.1, 0.15) is 21.4 Å². The minimum absolute atomic E-state index is 0. The topological polar surface area (TPSA) is 69.4 Å². The van der Waals surface area contributed by atoms with Crippen molar-refractivity contribution in [3.8, 4) is 5.75 Å². The first-order chi connectivity index (χ1) is 14.3. The lowest BCUT2D eigenvalue weighted by molar-refractivity contribution is 0.316. The highest BCUT2D eigenvalue weighted by atomic mass is 35.5. The summed E-state index contributed by atoms with van der Waals surface area (Å²) in [6, 6.07) is 10.8. The van der Waals surface area contributed by atoms with Gasteiger partial charge in [-0.2, -0.15) is 0 Å². The maximum Gasteiger partial charge on any atom is 0.150 e. The van der Waals surface area contributed by atoms with E-state index in [0.29, 0.717) is 25.9 Å². The van der Waals surface area contributed by atoms with E-state index >= 15 is 0 Å². The summed E-state index contributed by atoms with van der Waals surface area (Å²) < 4.78 is 43.0. The second-order valence-corrected chi connectivity index (χ2v) is 10.7. The molecule has 0 saturated carbocycles. The Bertz CT molecular complexity index is 985. The van der Waals surface area contributed by atoms with Gasteiger partial charge in [0.25, 0.3) is 0 Å². The summed E-state index contributed by atoms with van der Waals surface area (Å²) >= 11 is 5.95. The molecule has 0 saturated heterocycles. The van der Waals surface area contributed by atoms with Gasteiger partial charge in [-0.1, -0.05) is 30.7 Å². The van der Waals surface area contributed by atoms with E-state index in [9.17, 15) is 12.8 Å². The van der Waals surface area contributed by atoms with E-state index in [1.165, 1.54) is 11.6 Å². The molecular formula is C23H30Cl2FNO3S. The monoisotopic (exact) mass is 489 g/mol. The highest BCUT2D eigenvalue weighted by molar-refractivity contribution is 7.91. The molecule has 0 bridgehead atoms. The van der Waals surface area contributed by atoms with Crippen LogP contribution < -0.4 is 10.5 Å². The van der Waals surface area contributed by atoms with Gasteiger partial charge < -0.3 is 10.5 Å². The van der Waals surface area contributed by atoms with Gasteiger partial charge >= 0.3 is 0 Å². The molecule has 0 fully saturated rings. The average Bonchev–Trinajstić information content (AvgIpc) is 2.70. The predicted octanol–water partition coefficient (Wildman–Crippen LogP) is 5.09. The fourth-order valence-corrected chi connectivity index (χ4v) is 5.64. The van der Waals surface area contributed by atoms with Crippen molar-refractivity contribution >= 4 is 33.8 Å². The van der Waals surface area contributed by atoms with Crippen LogP contribution in [0.3, 0.4) is 0 Å². The van der Waals surface area contributed by atoms with Crippen LogP contribution >= 0.6 is 24.0 Å². The van der Waals surface area contributed by atoms with Crippen molar-refractivity contribution in [2.75, 3.05) is 18.1 Å². The van der Waals surface area contributed by atoms with Crippen LogP contribution in [0.25, 0.3) is 0 Å². The fraction of sp³-hybridized carbons (Fsp3) is 0.478. The third kappa shape index (κ3) is 7.07. The van der Waals surface area contributed by atoms with Crippen LogP contribution in [0.15, 0.2) is 36.4 Å². The largest absolute Gasteiger partial charge is 0.494 e. The molecule has 2 N–H and O–H groups in total. The van der Waals surface area contributed by atoms with Crippen LogP contribution in [0.1, 0.15) is 48.8 Å². The quantitative estimate of drug-likeness (QED) is 0.497. The molecule has 0 radical (unpaired) electrons. The molecule has 0 aliphatic heterocycles. The normalized spacial score (nSPS) is 18.2. The Kier molecular flexibility index (Phi) is 9.62. The van der Waals surface area contributed by atoms with Crippen molar-refractivity contribution < 1.29 is 17.5 Å². The number of ether oxygens (including phenoxy) is 1. The van der Waals surface area contributed by atoms with Crippen molar-refractivity contribution in [1.29, 1.82) is 0 Å². The fourth-order valence-electron chi connectivity index (χ4n) is 4.05. The highest BCUT2D eigenvalue weighted by Gasteiger charge is 2.28. The summed E-state index contributed by atoms with van der Waals surface area (Å²) in [7, 11) is -2.99. The van der Waals surface area contributed by atoms with Crippen molar-refractivity contribution in [3.05, 3.63) is 63.9 Å². The summed E-state index contributed by atoms with van der Waals surface area (Å²) in [5.74, 6) is 0.746. The predicted molar refractivity (Wildman–Crippen MR) is 127 cm³/mol. The number of hydrogen-bond donors (Lipinski definition) is 1. The Labute approximate surface area is 195 Å². The zero-order valence-electron chi connectivity index (χ0n) is 17.7. The Morgan fingerprint density at radius 1 is 1.19 bits per heavy atom. The summed E-state index contributed by atoms with van der Waals surface area (Å²) in [6.45, 7) is 2.22. The molecule has 2 aromatic carbocycles. The molecule has 3 rings (SSSR count). The maximum atomic E-state index is 13.5. The van der Waals surface area contributed by atoms with Gasteiger partial charge in [0.2, 0.25) is 0 Å². The molecular weight excluding hydrogens is 460 g/mol. The molecule has 31 heavy (non-hydrogen) atoms. The van der Waals surface area contributed by atoms with Gasteiger partial charge in [-0.05, 0) is 73.1 Å². The van der Waals surface area contributed by atoms with Crippen molar-refractivity contribution in [3.63, 3.8) is 0 Å². The second kappa shape index (κ2) is 11.5. The van der Waals surface area contributed by atoms with Crippen LogP contribution in [-0.2, 0) is 22.7 Å². The number of sulfone groups is 1. The minimum Gasteiger partial charge on any atom is -0.494 e. The Morgan fingerprint density at radius 2 is 1.97 bits per heavy atom. The Morgan fingerprint density at radius 3 is 2.68 bits per heavy atom. The third-order valence-corrected chi connectivity index (χ3v) is 7.83. The molecule has 0 amide bonds. The number of benzene rings is 2. The lowest BCUT2D eigenvalue weighted by atomic mass is 9.76. The first-order valence-corrected chi connectivity index (χ1v) is 12.6. The van der Waals surface area contributed by atoms with Gasteiger partial charge in [-0.3, -0.25) is 0 Å². The lowest BCUT2D eigenvalue weighted by Crippen LogP contribution is -2.34. The zero-order chi connectivity index (χ0) is 21.7. The first-order valence-electron chi connectivity index (χ1n) is 10.4. The van der Waals surface area contributed by atoms with E-state index in [-0.39, 0.29) is 40.9 Å². The molecule has 2 aromatic rings. The van der Waals surface area contributed by atoms with E-state index in [4.69, 9.17) is 22.1 Å². The first kappa shape index (κ1) is 25.9. The van der Waals surface area contributed by atoms with E-state index in [1.54, 1.807) is 12.1 Å². The third-order valence-electron chi connectivity index (χ3n) is 5.60. The van der Waals surface area contributed by atoms with Crippen LogP contribution in [0.5, 0.6) is 5.75 Å². The van der Waals surface area contributed by atoms with E-state index in [0.717, 1.165) is 29.7 Å². The highest BCUT2D eigenvalue weighted by Crippen LogP contribution is 2.36. The number of hydrogen-bond acceptors (Lipinski definition) is 4. The molecule has 8 heteroatoms. The Hall–Kier alpha value is -1.34. The minimum atomic E-state index is -2.99. The molecule has 1 aliphatic rings. The zero-order valence-corrected chi connectivity index (χ0v) is 20.0. The number of aryl methyl sites for hydroxylation is 1. The Balaban J connectivity index is 0.00000341. The second-order valence-electron chi connectivity index (χ2n) is 7.98. The molecule has 0 heterocycles. The summed E-state index contributed by atoms with van der Waals surface area (Å²) in [6.07, 6.45) is 3.58. The van der Waals surface area contributed by atoms with Crippen LogP contribution in [0, 0.1) is 5.82 Å². The smallest absolute Gasteiger partial charge is 0.150 e. The van der Waals surface area contributed by atoms with Gasteiger partial charge in [-0.25, -0.2) is 12.8 Å². The molecule has 0 aromatic heterocycles. The average molecular weight is 490 g/mol. The van der Waals surface area contributed by atoms with Crippen LogP contribution in [0.4, 0.5) is 4.39 Å². The lowest BCUT2D eigenvalue weighted by Gasteiger charge is -2.32. The van der Waals surface area contributed by atoms with Crippen LogP contribution in [-0.4, -0.2) is 32.6 Å². The molecule has 172 valence electrons. The van der Waals surface area contributed by atoms with Gasteiger partial charge in [-0.15, -0.1) is 12.4 Å². The SMILES string of the molecule is CCCS(=O)(=O)CCCOc1ccc2c(c1)C(Cc1ccc(F)c(Cl)c1)C(N)CC2.Cl. The summed E-state index contributed by atoms with van der Waals surface area (Å²) in [5, 5.41) is 0.118. The summed E-state index contributed by atoms with van der Waals surface area (Å²) in [5.41, 5.74) is 9.78. The van der Waals surface area contributed by atoms with Gasteiger partial charge in [0.05, 0.1) is 17.4 Å². The maximum absolute atomic E-state index is 13.5. The van der Waals surface area contributed by atoms with E-state index in [1.807, 2.05) is 19.1 Å². The van der Waals surface area contributed by atoms with Crippen molar-refractivity contribution in [1.82, 2.24) is 0 Å². The molecule has 1 aliphatic carbocycles. The molecule has 2 unspecified atom stereocenters. The van der Waals surface area contributed by atoms with Gasteiger partial charge in [0.15, 0.2) is 0 Å². The number of rotatable bonds is 9. The number of nitrogens with two attached hydrogens (primary N) is 1.